The van der Waals surface area contributed by atoms with Crippen LogP contribution in [0.1, 0.15) is 10.6 Å². The second-order valence-electron chi connectivity index (χ2n) is 5.35. The first kappa shape index (κ1) is 20.0. The number of carbonyl (C=O) groups excluding carboxylic acids is 1. The summed E-state index contributed by atoms with van der Waals surface area (Å²) in [5, 5.41) is 0.449. The summed E-state index contributed by atoms with van der Waals surface area (Å²) in [7, 11) is -4.65. The van der Waals surface area contributed by atoms with Gasteiger partial charge in [0.1, 0.15) is 16.2 Å². The van der Waals surface area contributed by atoms with Gasteiger partial charge in [0.05, 0.1) is 0 Å². The summed E-state index contributed by atoms with van der Waals surface area (Å²) in [5.41, 5.74) is 2.25. The third-order valence-corrected chi connectivity index (χ3v) is 4.87. The van der Waals surface area contributed by atoms with Crippen LogP contribution in [0.5, 0.6) is 5.75 Å². The standard InChI is InChI=1S/C16H10ClF3N2O5S/c17-10-5-6-12(27-16(18,19)20)14(8-10)28(24,25)22-21-15(23)13-7-9-3-1-2-4-11(9)26-13/h1-8,22H,(H,21,23). The molecule has 0 unspecified atom stereocenters. The Labute approximate surface area is 161 Å². The fraction of sp³-hybridized carbons (Fsp3) is 0.0625. The van der Waals surface area contributed by atoms with Crippen molar-refractivity contribution in [2.75, 3.05) is 0 Å². The first-order valence-electron chi connectivity index (χ1n) is 7.41. The Balaban J connectivity index is 1.82. The van der Waals surface area contributed by atoms with E-state index >= 15 is 0 Å². The quantitative estimate of drug-likeness (QED) is 0.598. The van der Waals surface area contributed by atoms with Crippen molar-refractivity contribution < 1.29 is 35.5 Å². The molecule has 0 spiro atoms. The number of sulfonamides is 1. The first-order valence-corrected chi connectivity index (χ1v) is 9.27. The predicted molar refractivity (Wildman–Crippen MR) is 92.1 cm³/mol. The SMILES string of the molecule is O=C(NNS(=O)(=O)c1cc(Cl)ccc1OC(F)(F)F)c1cc2ccccc2o1. The van der Waals surface area contributed by atoms with Gasteiger partial charge in [0.15, 0.2) is 5.76 Å². The summed E-state index contributed by atoms with van der Waals surface area (Å²) < 4.78 is 71.1. The maximum absolute atomic E-state index is 12.5. The molecule has 0 aliphatic rings. The van der Waals surface area contributed by atoms with Crippen molar-refractivity contribution in [1.29, 1.82) is 0 Å². The van der Waals surface area contributed by atoms with Gasteiger partial charge in [-0.05, 0) is 30.3 Å². The van der Waals surface area contributed by atoms with Gasteiger partial charge in [0, 0.05) is 10.4 Å². The average molecular weight is 435 g/mol. The second-order valence-corrected chi connectivity index (χ2v) is 7.43. The smallest absolute Gasteiger partial charge is 0.451 e. The number of rotatable bonds is 5. The van der Waals surface area contributed by atoms with Gasteiger partial charge in [-0.25, -0.2) is 8.42 Å². The minimum Gasteiger partial charge on any atom is -0.451 e. The molecule has 0 aliphatic heterocycles. The predicted octanol–water partition coefficient (Wildman–Crippen LogP) is 3.61. The highest BCUT2D eigenvalue weighted by Gasteiger charge is 2.34. The van der Waals surface area contributed by atoms with Crippen molar-refractivity contribution in [3.8, 4) is 5.75 Å². The molecule has 1 heterocycles. The van der Waals surface area contributed by atoms with E-state index in [1.54, 1.807) is 29.1 Å². The fourth-order valence-electron chi connectivity index (χ4n) is 2.22. The summed E-state index contributed by atoms with van der Waals surface area (Å²) in [5.74, 6) is -2.18. The zero-order valence-corrected chi connectivity index (χ0v) is 15.2. The highest BCUT2D eigenvalue weighted by atomic mass is 35.5. The fourth-order valence-corrected chi connectivity index (χ4v) is 3.46. The van der Waals surface area contributed by atoms with E-state index in [0.29, 0.717) is 11.0 Å². The topological polar surface area (TPSA) is 97.6 Å². The summed E-state index contributed by atoms with van der Waals surface area (Å²) >= 11 is 5.67. The monoisotopic (exact) mass is 434 g/mol. The molecule has 2 N–H and O–H groups in total. The molecule has 148 valence electrons. The van der Waals surface area contributed by atoms with Crippen molar-refractivity contribution in [3.63, 3.8) is 0 Å². The lowest BCUT2D eigenvalue weighted by Gasteiger charge is -2.14. The van der Waals surface area contributed by atoms with Crippen LogP contribution in [0.4, 0.5) is 13.2 Å². The van der Waals surface area contributed by atoms with E-state index in [2.05, 4.69) is 4.74 Å². The number of benzene rings is 2. The second kappa shape index (κ2) is 7.34. The van der Waals surface area contributed by atoms with Gasteiger partial charge < -0.3 is 9.15 Å². The number of carbonyl (C=O) groups is 1. The average Bonchev–Trinajstić information content (AvgIpc) is 3.04. The van der Waals surface area contributed by atoms with E-state index in [4.69, 9.17) is 16.0 Å². The molecule has 3 aromatic rings. The normalized spacial score (nSPS) is 12.1. The van der Waals surface area contributed by atoms with Gasteiger partial charge in [0.2, 0.25) is 0 Å². The Kier molecular flexibility index (Phi) is 5.24. The number of para-hydroxylation sites is 1. The van der Waals surface area contributed by atoms with E-state index in [0.717, 1.165) is 18.2 Å². The summed E-state index contributed by atoms with van der Waals surface area (Å²) in [6.45, 7) is 0. The van der Waals surface area contributed by atoms with Crippen LogP contribution in [0, 0.1) is 0 Å². The van der Waals surface area contributed by atoms with Crippen LogP contribution in [0.15, 0.2) is 57.8 Å². The molecule has 3 rings (SSSR count). The Morgan fingerprint density at radius 1 is 1.11 bits per heavy atom. The molecule has 28 heavy (non-hydrogen) atoms. The van der Waals surface area contributed by atoms with Crippen molar-refractivity contribution in [3.05, 3.63) is 59.3 Å². The third kappa shape index (κ3) is 4.55. The molecular weight excluding hydrogens is 425 g/mol. The molecule has 0 saturated carbocycles. The molecule has 0 fully saturated rings. The van der Waals surface area contributed by atoms with Gasteiger partial charge >= 0.3 is 12.3 Å². The van der Waals surface area contributed by atoms with E-state index in [1.165, 1.54) is 6.07 Å². The Hall–Kier alpha value is -2.76. The van der Waals surface area contributed by atoms with Crippen LogP contribution in [0.2, 0.25) is 5.02 Å². The lowest BCUT2D eigenvalue weighted by Crippen LogP contribution is -2.41. The summed E-state index contributed by atoms with van der Waals surface area (Å²) in [6.07, 6.45) is -5.13. The minimum absolute atomic E-state index is 0.154. The largest absolute Gasteiger partial charge is 0.573 e. The third-order valence-electron chi connectivity index (χ3n) is 3.37. The number of nitrogens with one attached hydrogen (secondary N) is 2. The molecule has 0 bridgehead atoms. The van der Waals surface area contributed by atoms with Crippen LogP contribution in [-0.4, -0.2) is 20.7 Å². The molecule has 0 aliphatic carbocycles. The van der Waals surface area contributed by atoms with E-state index in [9.17, 15) is 26.4 Å². The molecule has 2 aromatic carbocycles. The van der Waals surface area contributed by atoms with E-state index in [1.807, 2.05) is 5.43 Å². The zero-order valence-electron chi connectivity index (χ0n) is 13.6. The van der Waals surface area contributed by atoms with Crippen molar-refractivity contribution in [1.82, 2.24) is 10.3 Å². The highest BCUT2D eigenvalue weighted by molar-refractivity contribution is 7.89. The van der Waals surface area contributed by atoms with Crippen LogP contribution >= 0.6 is 11.6 Å². The molecule has 1 aromatic heterocycles. The first-order chi connectivity index (χ1) is 13.0. The lowest BCUT2D eigenvalue weighted by molar-refractivity contribution is -0.275. The lowest BCUT2D eigenvalue weighted by atomic mass is 10.2. The number of alkyl halides is 3. The van der Waals surface area contributed by atoms with E-state index < -0.39 is 32.9 Å². The van der Waals surface area contributed by atoms with Gasteiger partial charge in [-0.2, -0.15) is 0 Å². The molecule has 0 radical (unpaired) electrons. The Bertz CT molecular complexity index is 1110. The maximum Gasteiger partial charge on any atom is 0.573 e. The van der Waals surface area contributed by atoms with Crippen LogP contribution in [0.25, 0.3) is 11.0 Å². The number of amides is 1. The Morgan fingerprint density at radius 2 is 1.82 bits per heavy atom. The van der Waals surface area contributed by atoms with Crippen LogP contribution in [-0.2, 0) is 10.0 Å². The molecule has 1 amide bonds. The highest BCUT2D eigenvalue weighted by Crippen LogP contribution is 2.31. The minimum atomic E-state index is -5.13. The van der Waals surface area contributed by atoms with Crippen molar-refractivity contribution >= 4 is 38.5 Å². The van der Waals surface area contributed by atoms with Crippen molar-refractivity contribution in [2.24, 2.45) is 0 Å². The molecular formula is C16H10ClF3N2O5S. The molecule has 0 atom stereocenters. The van der Waals surface area contributed by atoms with Gasteiger partial charge in [-0.1, -0.05) is 29.8 Å². The van der Waals surface area contributed by atoms with Crippen molar-refractivity contribution in [2.45, 2.75) is 11.3 Å². The summed E-state index contributed by atoms with van der Waals surface area (Å²) in [4.78, 5) is 12.9. The maximum atomic E-state index is 12.5. The number of halogens is 4. The van der Waals surface area contributed by atoms with Crippen LogP contribution in [0.3, 0.4) is 0 Å². The van der Waals surface area contributed by atoms with Gasteiger partial charge in [-0.3, -0.25) is 10.2 Å². The Morgan fingerprint density at radius 3 is 2.50 bits per heavy atom. The van der Waals surface area contributed by atoms with Gasteiger partial charge in [-0.15, -0.1) is 18.0 Å². The zero-order chi connectivity index (χ0) is 20.5. The number of furan rings is 1. The molecule has 0 saturated heterocycles. The molecule has 12 heteroatoms. The number of hydrazine groups is 1. The number of hydrogen-bond donors (Lipinski definition) is 2. The number of fused-ring (bicyclic) bond motifs is 1. The molecule has 7 nitrogen and oxygen atoms in total. The van der Waals surface area contributed by atoms with Crippen LogP contribution < -0.4 is 15.0 Å². The van der Waals surface area contributed by atoms with E-state index in [-0.39, 0.29) is 10.8 Å². The number of hydrogen-bond acceptors (Lipinski definition) is 5. The van der Waals surface area contributed by atoms with Gasteiger partial charge in [0.25, 0.3) is 10.0 Å². The number of ether oxygens (including phenoxy) is 1. The summed E-state index contributed by atoms with van der Waals surface area (Å²) in [6, 6.07) is 10.5.